The highest BCUT2D eigenvalue weighted by Crippen LogP contribution is 2.32. The van der Waals surface area contributed by atoms with Crippen LogP contribution in [0.3, 0.4) is 0 Å². The van der Waals surface area contributed by atoms with Gasteiger partial charge in [-0.05, 0) is 42.0 Å². The number of rotatable bonds is 3. The molecule has 2 aromatic carbocycles. The van der Waals surface area contributed by atoms with Gasteiger partial charge in [0, 0.05) is 18.7 Å². The number of ether oxygens (including phenoxy) is 4. The van der Waals surface area contributed by atoms with Crippen molar-refractivity contribution in [1.29, 1.82) is 0 Å². The molecule has 6 rings (SSSR count). The number of hydrogen-bond donors (Lipinski definition) is 2. The van der Waals surface area contributed by atoms with E-state index in [0.717, 1.165) is 5.56 Å². The van der Waals surface area contributed by atoms with Crippen LogP contribution in [-0.2, 0) is 11.3 Å². The topological polar surface area (TPSA) is 141 Å². The molecular formula is C27H27N5O7. The number of benzene rings is 2. The number of methoxy groups -OCH3 is 2. The summed E-state index contributed by atoms with van der Waals surface area (Å²) in [5.41, 5.74) is 1.46. The lowest BCUT2D eigenvalue weighted by Gasteiger charge is -2.22. The van der Waals surface area contributed by atoms with Crippen LogP contribution in [0.5, 0.6) is 23.0 Å². The van der Waals surface area contributed by atoms with Gasteiger partial charge >= 0.3 is 0 Å². The van der Waals surface area contributed by atoms with Gasteiger partial charge in [0.25, 0.3) is 17.7 Å². The van der Waals surface area contributed by atoms with Gasteiger partial charge in [0.05, 0.1) is 44.8 Å². The number of amides is 3. The third kappa shape index (κ3) is 5.69. The van der Waals surface area contributed by atoms with E-state index in [9.17, 15) is 14.4 Å². The normalized spacial score (nSPS) is 19.1. The van der Waals surface area contributed by atoms with Crippen LogP contribution in [0.15, 0.2) is 54.9 Å². The van der Waals surface area contributed by atoms with Crippen LogP contribution in [0.4, 0.5) is 0 Å². The van der Waals surface area contributed by atoms with Crippen molar-refractivity contribution in [3.8, 4) is 23.0 Å². The molecule has 0 unspecified atom stereocenters. The lowest BCUT2D eigenvalue weighted by atomic mass is 10.1. The van der Waals surface area contributed by atoms with Crippen LogP contribution in [0.1, 0.15) is 26.3 Å². The first-order chi connectivity index (χ1) is 18.9. The Kier molecular flexibility index (Phi) is 7.43. The van der Waals surface area contributed by atoms with Gasteiger partial charge in [-0.25, -0.2) is 0 Å². The van der Waals surface area contributed by atoms with Crippen molar-refractivity contribution in [1.82, 2.24) is 25.7 Å². The summed E-state index contributed by atoms with van der Waals surface area (Å²) >= 11 is 0. The molecule has 4 heterocycles. The smallest absolute Gasteiger partial charge is 0.258 e. The molecule has 2 atom stereocenters. The molecule has 12 nitrogen and oxygen atoms in total. The summed E-state index contributed by atoms with van der Waals surface area (Å²) in [4.78, 5) is 40.5. The Bertz CT molecular complexity index is 1380. The second-order valence-corrected chi connectivity index (χ2v) is 8.99. The van der Waals surface area contributed by atoms with Crippen LogP contribution in [-0.4, -0.2) is 78.9 Å². The van der Waals surface area contributed by atoms with Crippen molar-refractivity contribution in [2.75, 3.05) is 33.9 Å². The quantitative estimate of drug-likeness (QED) is 0.508. The zero-order chi connectivity index (χ0) is 27.4. The van der Waals surface area contributed by atoms with Gasteiger partial charge < -0.3 is 34.5 Å². The third-order valence-electron chi connectivity index (χ3n) is 6.48. The van der Waals surface area contributed by atoms with Crippen molar-refractivity contribution >= 4 is 17.7 Å². The summed E-state index contributed by atoms with van der Waals surface area (Å²) < 4.78 is 22.9. The molecule has 1 aromatic heterocycles. The standard InChI is InChI=1S/C27H27N5O7/c1-36-20-6-4-17-10-23(20)38-15-25(33)28-11-16-3-5-21(22(9-16)37-2)39-24-14-32(13-19(24)31-26(17)34)27(35)18-7-8-29-30-12-18/h3-10,12,19,24H,11,13-15H2,1-2H3,(H,28,33)(H,31,34)/t19-,24-/m0/s1. The summed E-state index contributed by atoms with van der Waals surface area (Å²) in [7, 11) is 2.99. The van der Waals surface area contributed by atoms with E-state index in [1.165, 1.54) is 32.7 Å². The van der Waals surface area contributed by atoms with E-state index in [-0.39, 0.29) is 43.8 Å². The number of hydrogen-bond acceptors (Lipinski definition) is 9. The summed E-state index contributed by atoms with van der Waals surface area (Å²) in [5.74, 6) is 0.508. The molecule has 3 amide bonds. The van der Waals surface area contributed by atoms with Gasteiger partial charge in [0.15, 0.2) is 29.6 Å². The van der Waals surface area contributed by atoms with E-state index in [1.807, 2.05) is 0 Å². The number of carbonyl (C=O) groups is 3. The maximum atomic E-state index is 13.3. The monoisotopic (exact) mass is 533 g/mol. The number of carbonyl (C=O) groups excluding carboxylic acids is 3. The lowest BCUT2D eigenvalue weighted by molar-refractivity contribution is -0.123. The van der Waals surface area contributed by atoms with Crippen molar-refractivity contribution < 1.29 is 33.3 Å². The van der Waals surface area contributed by atoms with Crippen LogP contribution in [0.25, 0.3) is 0 Å². The van der Waals surface area contributed by atoms with Crippen molar-refractivity contribution in [2.24, 2.45) is 0 Å². The highest BCUT2D eigenvalue weighted by molar-refractivity contribution is 5.96. The Hall–Kier alpha value is -4.87. The van der Waals surface area contributed by atoms with Gasteiger partial charge in [-0.15, -0.1) is 0 Å². The molecule has 1 saturated heterocycles. The Morgan fingerprint density at radius 1 is 1.00 bits per heavy atom. The molecule has 39 heavy (non-hydrogen) atoms. The highest BCUT2D eigenvalue weighted by atomic mass is 16.5. The summed E-state index contributed by atoms with van der Waals surface area (Å²) in [6, 6.07) is 11.0. The summed E-state index contributed by atoms with van der Waals surface area (Å²) in [6.07, 6.45) is 2.26. The molecule has 202 valence electrons. The summed E-state index contributed by atoms with van der Waals surface area (Å²) in [6.45, 7) is 0.385. The average Bonchev–Trinajstić information content (AvgIpc) is 3.36. The van der Waals surface area contributed by atoms with Gasteiger partial charge in [0.2, 0.25) is 0 Å². The largest absolute Gasteiger partial charge is 0.493 e. The van der Waals surface area contributed by atoms with Crippen LogP contribution in [0, 0.1) is 0 Å². The zero-order valence-corrected chi connectivity index (χ0v) is 21.4. The Morgan fingerprint density at radius 3 is 2.62 bits per heavy atom. The van der Waals surface area contributed by atoms with Crippen LogP contribution < -0.4 is 29.6 Å². The Morgan fingerprint density at radius 2 is 1.85 bits per heavy atom. The average molecular weight is 534 g/mol. The van der Waals surface area contributed by atoms with Gasteiger partial charge in [0.1, 0.15) is 6.10 Å². The number of aromatic nitrogens is 2. The minimum absolute atomic E-state index is 0.204. The zero-order valence-electron chi connectivity index (χ0n) is 21.4. The molecule has 0 radical (unpaired) electrons. The Labute approximate surface area is 224 Å². The number of nitrogens with zero attached hydrogens (tertiary/aromatic N) is 3. The second-order valence-electron chi connectivity index (χ2n) is 8.99. The third-order valence-corrected chi connectivity index (χ3v) is 6.48. The minimum atomic E-state index is -0.586. The molecule has 4 bridgehead atoms. The number of fused-ring (bicyclic) bond motifs is 7. The molecule has 0 aliphatic carbocycles. The lowest BCUT2D eigenvalue weighted by Crippen LogP contribution is -2.45. The molecule has 0 spiro atoms. The van der Waals surface area contributed by atoms with Gasteiger partial charge in [-0.3, -0.25) is 14.4 Å². The minimum Gasteiger partial charge on any atom is -0.493 e. The predicted octanol–water partition coefficient (Wildman–Crippen LogP) is 1.20. The van der Waals surface area contributed by atoms with E-state index >= 15 is 0 Å². The van der Waals surface area contributed by atoms with Crippen LogP contribution in [0.2, 0.25) is 0 Å². The number of likely N-dealkylation sites (tertiary alicyclic amines) is 1. The SMILES string of the molecule is COc1ccc2cc1OCC(=O)NCc1ccc(c(OC)c1)O[C@H]1CN(C(=O)c3ccnnc3)C[C@@H]1NC2=O. The van der Waals surface area contributed by atoms with Gasteiger partial charge in [-0.2, -0.15) is 10.2 Å². The second kappa shape index (κ2) is 11.3. The van der Waals surface area contributed by atoms with Crippen LogP contribution >= 0.6 is 0 Å². The van der Waals surface area contributed by atoms with Crippen molar-refractivity contribution in [3.05, 3.63) is 71.5 Å². The fourth-order valence-electron chi connectivity index (χ4n) is 4.46. The number of nitrogens with one attached hydrogen (secondary N) is 2. The molecule has 0 saturated carbocycles. The van der Waals surface area contributed by atoms with E-state index in [4.69, 9.17) is 18.9 Å². The fraction of sp³-hybridized carbons (Fsp3) is 0.296. The molecule has 3 aromatic rings. The molecule has 1 fully saturated rings. The first-order valence-electron chi connectivity index (χ1n) is 12.2. The first-order valence-corrected chi connectivity index (χ1v) is 12.2. The molecule has 12 heteroatoms. The predicted molar refractivity (Wildman–Crippen MR) is 137 cm³/mol. The molecule has 3 aliphatic heterocycles. The van der Waals surface area contributed by atoms with E-state index in [1.54, 1.807) is 41.3 Å². The molecule has 3 aliphatic rings. The molecular weight excluding hydrogens is 506 g/mol. The maximum absolute atomic E-state index is 13.3. The highest BCUT2D eigenvalue weighted by Gasteiger charge is 2.39. The fourth-order valence-corrected chi connectivity index (χ4v) is 4.46. The maximum Gasteiger partial charge on any atom is 0.258 e. The Balaban J connectivity index is 1.49. The van der Waals surface area contributed by atoms with E-state index in [0.29, 0.717) is 28.4 Å². The first kappa shape index (κ1) is 25.8. The summed E-state index contributed by atoms with van der Waals surface area (Å²) in [5, 5.41) is 13.3. The molecule has 2 N–H and O–H groups in total. The van der Waals surface area contributed by atoms with Gasteiger partial charge in [-0.1, -0.05) is 6.07 Å². The van der Waals surface area contributed by atoms with Crippen molar-refractivity contribution in [2.45, 2.75) is 18.7 Å². The van der Waals surface area contributed by atoms with E-state index < -0.39 is 18.1 Å². The van der Waals surface area contributed by atoms with Crippen molar-refractivity contribution in [3.63, 3.8) is 0 Å². The van der Waals surface area contributed by atoms with E-state index in [2.05, 4.69) is 20.8 Å².